The highest BCUT2D eigenvalue weighted by Gasteiger charge is 2.68. The second-order valence-corrected chi connectivity index (χ2v) is 14.5. The molecule has 0 radical (unpaired) electrons. The average Bonchev–Trinajstić information content (AvgIpc) is 3.15. The van der Waals surface area contributed by atoms with Gasteiger partial charge in [-0.15, -0.1) is 0 Å². The zero-order valence-corrected chi connectivity index (χ0v) is 24.8. The van der Waals surface area contributed by atoms with Crippen molar-refractivity contribution >= 4 is 11.9 Å². The fraction of sp³-hybridized carbons (Fsp3) is 0.938. The van der Waals surface area contributed by atoms with Crippen molar-refractivity contribution in [2.45, 2.75) is 137 Å². The number of carbonyl (C=O) groups is 2. The number of ether oxygens (including phenoxy) is 2. The third-order valence-corrected chi connectivity index (χ3v) is 12.4. The van der Waals surface area contributed by atoms with Gasteiger partial charge in [0.15, 0.2) is 0 Å². The van der Waals surface area contributed by atoms with Gasteiger partial charge >= 0.3 is 11.9 Å². The zero-order chi connectivity index (χ0) is 27.3. The second-order valence-electron chi connectivity index (χ2n) is 14.5. The van der Waals surface area contributed by atoms with Gasteiger partial charge in [0.1, 0.15) is 17.8 Å². The van der Waals surface area contributed by atoms with Gasteiger partial charge in [0.25, 0.3) is 0 Å². The molecule has 1 N–H and O–H groups in total. The van der Waals surface area contributed by atoms with Crippen LogP contribution in [-0.2, 0) is 19.1 Å². The minimum absolute atomic E-state index is 0.308. The highest BCUT2D eigenvalue weighted by molar-refractivity contribution is 5.66. The molecule has 4 aliphatic carbocycles. The Morgan fingerprint density at radius 3 is 2.19 bits per heavy atom. The van der Waals surface area contributed by atoms with Crippen molar-refractivity contribution in [1.29, 1.82) is 0 Å². The lowest BCUT2D eigenvalue weighted by molar-refractivity contribution is -0.271. The van der Waals surface area contributed by atoms with Gasteiger partial charge in [0.05, 0.1) is 0 Å². The highest BCUT2D eigenvalue weighted by atomic mass is 16.6. The maximum Gasteiger partial charge on any atom is 0.303 e. The lowest BCUT2D eigenvalue weighted by Crippen LogP contribution is -2.69. The summed E-state index contributed by atoms with van der Waals surface area (Å²) < 4.78 is 11.5. The first-order valence-electron chi connectivity index (χ1n) is 15.3. The van der Waals surface area contributed by atoms with E-state index in [4.69, 9.17) is 9.47 Å². The van der Waals surface area contributed by atoms with E-state index in [2.05, 4.69) is 41.5 Å². The quantitative estimate of drug-likeness (QED) is 0.370. The number of esters is 2. The number of aliphatic hydroxyl groups is 1. The molecule has 37 heavy (non-hydrogen) atoms. The van der Waals surface area contributed by atoms with E-state index >= 15 is 0 Å². The molecule has 0 spiro atoms. The van der Waals surface area contributed by atoms with Crippen LogP contribution in [0.5, 0.6) is 0 Å². The molecule has 3 unspecified atom stereocenters. The van der Waals surface area contributed by atoms with Crippen LogP contribution in [0, 0.1) is 52.3 Å². The Balaban J connectivity index is 1.58. The molecule has 11 atom stereocenters. The summed E-state index contributed by atoms with van der Waals surface area (Å²) in [7, 11) is 0. The summed E-state index contributed by atoms with van der Waals surface area (Å²) in [4.78, 5) is 24.0. The van der Waals surface area contributed by atoms with Gasteiger partial charge in [-0.25, -0.2) is 0 Å². The first kappa shape index (κ1) is 28.9. The highest BCUT2D eigenvalue weighted by Crippen LogP contribution is 2.69. The van der Waals surface area contributed by atoms with Gasteiger partial charge in [0.2, 0.25) is 0 Å². The lowest BCUT2D eigenvalue weighted by atomic mass is 9.42. The SMILES string of the molecule is CC(=O)OC1CC[C@]2(C)[C@H]3CC[C@]4(C)[C@@H]([C@H](C)CC[C@H](C)C(C)C)CC[C@H]4[C@@H]3CC(OC(C)=O)C2(O)C1. The molecule has 5 nitrogen and oxygen atoms in total. The van der Waals surface area contributed by atoms with Crippen molar-refractivity contribution in [3.8, 4) is 0 Å². The molecule has 5 heteroatoms. The van der Waals surface area contributed by atoms with Crippen LogP contribution in [0.15, 0.2) is 0 Å². The molecule has 0 aromatic rings. The summed E-state index contributed by atoms with van der Waals surface area (Å²) in [6.45, 7) is 17.3. The summed E-state index contributed by atoms with van der Waals surface area (Å²) in [6.07, 6.45) is 9.34. The van der Waals surface area contributed by atoms with Crippen molar-refractivity contribution in [3.63, 3.8) is 0 Å². The first-order valence-corrected chi connectivity index (χ1v) is 15.3. The fourth-order valence-corrected chi connectivity index (χ4v) is 9.93. The van der Waals surface area contributed by atoms with E-state index < -0.39 is 11.7 Å². The lowest BCUT2D eigenvalue weighted by Gasteiger charge is -2.65. The van der Waals surface area contributed by atoms with E-state index in [1.807, 2.05) is 0 Å². The Kier molecular flexibility index (Phi) is 8.18. The van der Waals surface area contributed by atoms with Crippen LogP contribution in [0.1, 0.15) is 120 Å². The van der Waals surface area contributed by atoms with Crippen molar-refractivity contribution in [1.82, 2.24) is 0 Å². The Hall–Kier alpha value is -1.10. The molecule has 4 rings (SSSR count). The zero-order valence-electron chi connectivity index (χ0n) is 24.8. The van der Waals surface area contributed by atoms with Crippen LogP contribution in [0.3, 0.4) is 0 Å². The number of hydrogen-bond donors (Lipinski definition) is 1. The Morgan fingerprint density at radius 1 is 0.892 bits per heavy atom. The second kappa shape index (κ2) is 10.5. The van der Waals surface area contributed by atoms with E-state index in [9.17, 15) is 14.7 Å². The molecule has 0 aromatic carbocycles. The molecular formula is C32H54O5. The Labute approximate surface area is 225 Å². The maximum absolute atomic E-state index is 12.3. The van der Waals surface area contributed by atoms with Gasteiger partial charge in [-0.2, -0.15) is 0 Å². The van der Waals surface area contributed by atoms with Crippen LogP contribution in [0.25, 0.3) is 0 Å². The maximum atomic E-state index is 12.3. The van der Waals surface area contributed by atoms with E-state index in [1.54, 1.807) is 0 Å². The summed E-state index contributed by atoms with van der Waals surface area (Å²) in [6, 6.07) is 0. The smallest absolute Gasteiger partial charge is 0.303 e. The molecule has 0 saturated heterocycles. The largest absolute Gasteiger partial charge is 0.462 e. The van der Waals surface area contributed by atoms with Crippen LogP contribution in [0.4, 0.5) is 0 Å². The minimum Gasteiger partial charge on any atom is -0.462 e. The minimum atomic E-state index is -1.16. The van der Waals surface area contributed by atoms with Crippen LogP contribution in [0.2, 0.25) is 0 Å². The summed E-state index contributed by atoms with van der Waals surface area (Å²) in [5, 5.41) is 12.3. The molecule has 4 aliphatic rings. The number of carbonyl (C=O) groups excluding carboxylic acids is 2. The number of hydrogen-bond acceptors (Lipinski definition) is 5. The van der Waals surface area contributed by atoms with Crippen LogP contribution < -0.4 is 0 Å². The molecule has 212 valence electrons. The van der Waals surface area contributed by atoms with Crippen molar-refractivity contribution in [2.24, 2.45) is 52.3 Å². The van der Waals surface area contributed by atoms with Gasteiger partial charge in [-0.3, -0.25) is 9.59 Å². The number of rotatable bonds is 7. The van der Waals surface area contributed by atoms with Gasteiger partial charge < -0.3 is 14.6 Å². The number of fused-ring (bicyclic) bond motifs is 5. The molecule has 4 fully saturated rings. The molecule has 0 aliphatic heterocycles. The third-order valence-electron chi connectivity index (χ3n) is 12.4. The molecule has 4 saturated carbocycles. The normalized spacial score (nSPS) is 44.8. The summed E-state index contributed by atoms with van der Waals surface area (Å²) in [5.74, 6) is 3.84. The predicted molar refractivity (Wildman–Crippen MR) is 146 cm³/mol. The topological polar surface area (TPSA) is 72.8 Å². The van der Waals surface area contributed by atoms with E-state index in [0.717, 1.165) is 49.4 Å². The monoisotopic (exact) mass is 518 g/mol. The van der Waals surface area contributed by atoms with Crippen molar-refractivity contribution in [3.05, 3.63) is 0 Å². The standard InChI is InChI=1S/C32H54O5/c1-19(2)20(3)9-10-21(4)26-11-12-27-25-17-29(37-23(6)34)32(35)18-24(36-22(5)33)13-16-31(32,8)28(25)14-15-30(26,27)7/h19-21,24-29,35H,9-18H2,1-8H3/t20-,21+,24?,25-,26+,27-,28-,29?,30+,31+,32?/m0/s1. The molecular weight excluding hydrogens is 464 g/mol. The van der Waals surface area contributed by atoms with Gasteiger partial charge in [0, 0.05) is 25.7 Å². The van der Waals surface area contributed by atoms with Crippen LogP contribution >= 0.6 is 0 Å². The van der Waals surface area contributed by atoms with Crippen molar-refractivity contribution < 1.29 is 24.2 Å². The molecule has 0 amide bonds. The van der Waals surface area contributed by atoms with E-state index in [-0.39, 0.29) is 23.5 Å². The molecule has 0 bridgehead atoms. The third kappa shape index (κ3) is 5.00. The van der Waals surface area contributed by atoms with Gasteiger partial charge in [-0.1, -0.05) is 54.4 Å². The summed E-state index contributed by atoms with van der Waals surface area (Å²) in [5.41, 5.74) is -1.18. The van der Waals surface area contributed by atoms with Crippen LogP contribution in [-0.4, -0.2) is 34.9 Å². The Bertz CT molecular complexity index is 854. The summed E-state index contributed by atoms with van der Waals surface area (Å²) >= 11 is 0. The Morgan fingerprint density at radius 2 is 1.57 bits per heavy atom. The van der Waals surface area contributed by atoms with Crippen molar-refractivity contribution in [2.75, 3.05) is 0 Å². The van der Waals surface area contributed by atoms with E-state index in [0.29, 0.717) is 29.6 Å². The molecule has 0 heterocycles. The average molecular weight is 519 g/mol. The predicted octanol–water partition coefficient (Wildman–Crippen LogP) is 6.94. The molecule has 0 aromatic heterocycles. The van der Waals surface area contributed by atoms with Gasteiger partial charge in [-0.05, 0) is 91.8 Å². The van der Waals surface area contributed by atoms with E-state index in [1.165, 1.54) is 46.0 Å². The first-order chi connectivity index (χ1) is 17.2. The fourth-order valence-electron chi connectivity index (χ4n) is 9.93.